The van der Waals surface area contributed by atoms with Crippen molar-refractivity contribution in [1.29, 1.82) is 0 Å². The monoisotopic (exact) mass is 226 g/mol. The summed E-state index contributed by atoms with van der Waals surface area (Å²) in [5.41, 5.74) is 0. The second-order valence-corrected chi connectivity index (χ2v) is 5.31. The van der Waals surface area contributed by atoms with Crippen LogP contribution < -0.4 is 5.32 Å². The highest BCUT2D eigenvalue weighted by atomic mass is 16.5. The van der Waals surface area contributed by atoms with E-state index in [1.807, 2.05) is 0 Å². The van der Waals surface area contributed by atoms with Crippen molar-refractivity contribution in [3.8, 4) is 0 Å². The normalized spacial score (nSPS) is 36.8. The molecule has 0 amide bonds. The first-order chi connectivity index (χ1) is 7.79. The molecule has 2 fully saturated rings. The van der Waals surface area contributed by atoms with E-state index in [2.05, 4.69) is 24.2 Å². The summed E-state index contributed by atoms with van der Waals surface area (Å²) >= 11 is 0. The molecule has 2 saturated heterocycles. The molecule has 0 aromatic carbocycles. The topological polar surface area (TPSA) is 24.5 Å². The largest absolute Gasteiger partial charge is 0.378 e. The van der Waals surface area contributed by atoms with Crippen LogP contribution in [0.4, 0.5) is 0 Å². The van der Waals surface area contributed by atoms with Gasteiger partial charge in [-0.25, -0.2) is 0 Å². The SMILES string of the molecule is CCC1CC(NCC2CCCN2C)CCO1. The van der Waals surface area contributed by atoms with Gasteiger partial charge in [-0.2, -0.15) is 0 Å². The minimum atomic E-state index is 0.493. The van der Waals surface area contributed by atoms with Crippen molar-refractivity contribution < 1.29 is 4.74 Å². The molecule has 3 unspecified atom stereocenters. The summed E-state index contributed by atoms with van der Waals surface area (Å²) in [4.78, 5) is 2.49. The van der Waals surface area contributed by atoms with E-state index < -0.39 is 0 Å². The molecule has 0 spiro atoms. The summed E-state index contributed by atoms with van der Waals surface area (Å²) in [5, 5.41) is 3.74. The lowest BCUT2D eigenvalue weighted by Gasteiger charge is -2.31. The van der Waals surface area contributed by atoms with Crippen LogP contribution in [0.3, 0.4) is 0 Å². The minimum Gasteiger partial charge on any atom is -0.378 e. The Labute approximate surface area is 99.5 Å². The van der Waals surface area contributed by atoms with Gasteiger partial charge in [-0.05, 0) is 45.7 Å². The zero-order valence-electron chi connectivity index (χ0n) is 10.7. The van der Waals surface area contributed by atoms with E-state index in [9.17, 15) is 0 Å². The van der Waals surface area contributed by atoms with E-state index in [0.29, 0.717) is 12.1 Å². The molecule has 2 heterocycles. The molecule has 2 aliphatic rings. The Hall–Kier alpha value is -0.120. The number of hydrogen-bond donors (Lipinski definition) is 1. The molecule has 0 aliphatic carbocycles. The van der Waals surface area contributed by atoms with Gasteiger partial charge in [-0.3, -0.25) is 0 Å². The van der Waals surface area contributed by atoms with Crippen molar-refractivity contribution in [2.24, 2.45) is 0 Å². The lowest BCUT2D eigenvalue weighted by Crippen LogP contribution is -2.44. The predicted octanol–water partition coefficient (Wildman–Crippen LogP) is 1.63. The van der Waals surface area contributed by atoms with Crippen LogP contribution in [0.1, 0.15) is 39.0 Å². The summed E-state index contributed by atoms with van der Waals surface area (Å²) in [6.07, 6.45) is 6.77. The second kappa shape index (κ2) is 5.99. The molecule has 3 atom stereocenters. The van der Waals surface area contributed by atoms with Crippen molar-refractivity contribution in [2.75, 3.05) is 26.7 Å². The molecule has 3 nitrogen and oxygen atoms in total. The molecule has 1 N–H and O–H groups in total. The fraction of sp³-hybridized carbons (Fsp3) is 1.00. The fourth-order valence-electron chi connectivity index (χ4n) is 2.89. The summed E-state index contributed by atoms with van der Waals surface area (Å²) in [7, 11) is 2.25. The van der Waals surface area contributed by atoms with Gasteiger partial charge in [0.05, 0.1) is 6.10 Å². The number of nitrogens with zero attached hydrogens (tertiary/aromatic N) is 1. The minimum absolute atomic E-state index is 0.493. The Bertz CT molecular complexity index is 210. The fourth-order valence-corrected chi connectivity index (χ4v) is 2.89. The Morgan fingerprint density at radius 2 is 2.25 bits per heavy atom. The summed E-state index contributed by atoms with van der Waals surface area (Å²) in [6, 6.07) is 1.45. The van der Waals surface area contributed by atoms with Gasteiger partial charge in [0, 0.05) is 25.2 Å². The standard InChI is InChI=1S/C13H26N2O/c1-3-13-9-11(6-8-16-13)14-10-12-5-4-7-15(12)2/h11-14H,3-10H2,1-2H3. The van der Waals surface area contributed by atoms with E-state index in [4.69, 9.17) is 4.74 Å². The molecular weight excluding hydrogens is 200 g/mol. The third-order valence-corrected chi connectivity index (χ3v) is 4.14. The highest BCUT2D eigenvalue weighted by Crippen LogP contribution is 2.18. The van der Waals surface area contributed by atoms with Crippen LogP contribution in [0.15, 0.2) is 0 Å². The quantitative estimate of drug-likeness (QED) is 0.788. The third kappa shape index (κ3) is 3.19. The maximum atomic E-state index is 5.70. The second-order valence-electron chi connectivity index (χ2n) is 5.31. The number of likely N-dealkylation sites (tertiary alicyclic amines) is 1. The smallest absolute Gasteiger partial charge is 0.0587 e. The molecule has 0 saturated carbocycles. The molecule has 2 rings (SSSR count). The van der Waals surface area contributed by atoms with Crippen LogP contribution in [0.2, 0.25) is 0 Å². The molecule has 94 valence electrons. The van der Waals surface area contributed by atoms with Gasteiger partial charge >= 0.3 is 0 Å². The number of hydrogen-bond acceptors (Lipinski definition) is 3. The average molecular weight is 226 g/mol. The lowest BCUT2D eigenvalue weighted by atomic mass is 10.0. The van der Waals surface area contributed by atoms with E-state index in [1.165, 1.54) is 32.2 Å². The van der Waals surface area contributed by atoms with Crippen LogP contribution >= 0.6 is 0 Å². The van der Waals surface area contributed by atoms with Gasteiger partial charge in [0.1, 0.15) is 0 Å². The number of nitrogens with one attached hydrogen (secondary N) is 1. The maximum Gasteiger partial charge on any atom is 0.0587 e. The van der Waals surface area contributed by atoms with Gasteiger partial charge in [0.2, 0.25) is 0 Å². The predicted molar refractivity (Wildman–Crippen MR) is 66.7 cm³/mol. The zero-order chi connectivity index (χ0) is 11.4. The van der Waals surface area contributed by atoms with Gasteiger partial charge < -0.3 is 15.0 Å². The average Bonchev–Trinajstić information content (AvgIpc) is 2.72. The van der Waals surface area contributed by atoms with E-state index in [1.54, 1.807) is 0 Å². The Balaban J connectivity index is 1.68. The Kier molecular flexibility index (Phi) is 4.62. The van der Waals surface area contributed by atoms with Crippen LogP contribution in [0, 0.1) is 0 Å². The van der Waals surface area contributed by atoms with Gasteiger partial charge in [-0.1, -0.05) is 6.92 Å². The third-order valence-electron chi connectivity index (χ3n) is 4.14. The van der Waals surface area contributed by atoms with Crippen molar-refractivity contribution in [2.45, 2.75) is 57.2 Å². The molecule has 0 aromatic rings. The molecule has 16 heavy (non-hydrogen) atoms. The van der Waals surface area contributed by atoms with Crippen LogP contribution in [0.25, 0.3) is 0 Å². The summed E-state index contributed by atoms with van der Waals surface area (Å²) in [6.45, 7) is 5.60. The van der Waals surface area contributed by atoms with Crippen molar-refractivity contribution in [3.63, 3.8) is 0 Å². The van der Waals surface area contributed by atoms with Crippen LogP contribution in [0.5, 0.6) is 0 Å². The van der Waals surface area contributed by atoms with Crippen LogP contribution in [-0.4, -0.2) is 49.8 Å². The number of ether oxygens (including phenoxy) is 1. The number of rotatable bonds is 4. The molecule has 3 heteroatoms. The van der Waals surface area contributed by atoms with Crippen LogP contribution in [-0.2, 0) is 4.74 Å². The molecular formula is C13H26N2O. The first-order valence-corrected chi connectivity index (χ1v) is 6.84. The highest BCUT2D eigenvalue weighted by Gasteiger charge is 2.24. The number of likely N-dealkylation sites (N-methyl/N-ethyl adjacent to an activating group) is 1. The molecule has 0 bridgehead atoms. The summed E-state index contributed by atoms with van der Waals surface area (Å²) < 4.78 is 5.70. The highest BCUT2D eigenvalue weighted by molar-refractivity contribution is 4.82. The van der Waals surface area contributed by atoms with E-state index in [0.717, 1.165) is 25.6 Å². The maximum absolute atomic E-state index is 5.70. The van der Waals surface area contributed by atoms with Crippen molar-refractivity contribution in [3.05, 3.63) is 0 Å². The molecule has 0 radical (unpaired) electrons. The van der Waals surface area contributed by atoms with Crippen molar-refractivity contribution >= 4 is 0 Å². The first-order valence-electron chi connectivity index (χ1n) is 6.84. The van der Waals surface area contributed by atoms with Gasteiger partial charge in [0.25, 0.3) is 0 Å². The molecule has 2 aliphatic heterocycles. The zero-order valence-corrected chi connectivity index (χ0v) is 10.7. The Morgan fingerprint density at radius 1 is 1.38 bits per heavy atom. The summed E-state index contributed by atoms with van der Waals surface area (Å²) in [5.74, 6) is 0. The van der Waals surface area contributed by atoms with Gasteiger partial charge in [-0.15, -0.1) is 0 Å². The molecule has 0 aromatic heterocycles. The van der Waals surface area contributed by atoms with Gasteiger partial charge in [0.15, 0.2) is 0 Å². The van der Waals surface area contributed by atoms with Crippen molar-refractivity contribution in [1.82, 2.24) is 10.2 Å². The van der Waals surface area contributed by atoms with E-state index >= 15 is 0 Å². The van der Waals surface area contributed by atoms with E-state index in [-0.39, 0.29) is 0 Å². The Morgan fingerprint density at radius 3 is 2.94 bits per heavy atom. The first kappa shape index (κ1) is 12.3. The lowest BCUT2D eigenvalue weighted by molar-refractivity contribution is -0.000732.